The molecule has 0 atom stereocenters. The van der Waals surface area contributed by atoms with E-state index in [0.29, 0.717) is 13.2 Å². The third-order valence-electron chi connectivity index (χ3n) is 5.32. The first kappa shape index (κ1) is 22.4. The Labute approximate surface area is 185 Å². The topological polar surface area (TPSA) is 104 Å². The Kier molecular flexibility index (Phi) is 6.47. The van der Waals surface area contributed by atoms with Crippen molar-refractivity contribution < 1.29 is 26.4 Å². The molecule has 0 radical (unpaired) electrons. The molecule has 2 aromatic rings. The van der Waals surface area contributed by atoms with Gasteiger partial charge in [0.25, 0.3) is 15.9 Å². The van der Waals surface area contributed by atoms with Crippen molar-refractivity contribution in [2.75, 3.05) is 52.5 Å². The van der Waals surface area contributed by atoms with Crippen LogP contribution < -0.4 is 0 Å². The molecular weight excluding hydrogens is 462 g/mol. The van der Waals surface area contributed by atoms with Gasteiger partial charge >= 0.3 is 0 Å². The van der Waals surface area contributed by atoms with E-state index in [1.165, 1.54) is 25.6 Å². The highest BCUT2D eigenvalue weighted by atomic mass is 32.2. The second-order valence-electron chi connectivity index (χ2n) is 7.14. The number of ether oxygens (including phenoxy) is 1. The lowest BCUT2D eigenvalue weighted by Crippen LogP contribution is -2.50. The van der Waals surface area contributed by atoms with E-state index < -0.39 is 26.0 Å². The van der Waals surface area contributed by atoms with Crippen LogP contribution in [0, 0.1) is 0 Å². The summed E-state index contributed by atoms with van der Waals surface area (Å²) in [4.78, 5) is 14.7. The lowest BCUT2D eigenvalue weighted by atomic mass is 10.2. The van der Waals surface area contributed by atoms with E-state index in [2.05, 4.69) is 0 Å². The van der Waals surface area contributed by atoms with Crippen molar-refractivity contribution in [1.82, 2.24) is 13.5 Å². The van der Waals surface area contributed by atoms with Crippen LogP contribution in [-0.4, -0.2) is 88.7 Å². The summed E-state index contributed by atoms with van der Waals surface area (Å²) in [6, 6.07) is 9.41. The number of thiophene rings is 1. The maximum absolute atomic E-state index is 13.2. The molecule has 2 saturated heterocycles. The van der Waals surface area contributed by atoms with E-state index in [0.717, 1.165) is 11.3 Å². The minimum Gasteiger partial charge on any atom is -0.379 e. The van der Waals surface area contributed by atoms with Crippen LogP contribution in [-0.2, 0) is 24.8 Å². The molecule has 3 heterocycles. The van der Waals surface area contributed by atoms with Gasteiger partial charge in [-0.3, -0.25) is 4.79 Å². The Morgan fingerprint density at radius 1 is 0.806 bits per heavy atom. The standard InChI is InChI=1S/C19H23N3O6S3/c23-19(20-7-9-21(10-8-20)31(26,27)18-6-3-15-29-18)16-4-1-2-5-17(16)30(24,25)22-11-13-28-14-12-22/h1-6,15H,7-14H2. The first-order valence-electron chi connectivity index (χ1n) is 9.82. The molecule has 2 aliphatic heterocycles. The highest BCUT2D eigenvalue weighted by Gasteiger charge is 2.34. The third-order valence-corrected chi connectivity index (χ3v) is 10.5. The summed E-state index contributed by atoms with van der Waals surface area (Å²) in [6.45, 7) is 1.81. The summed E-state index contributed by atoms with van der Waals surface area (Å²) in [7, 11) is -7.42. The number of hydrogen-bond donors (Lipinski definition) is 0. The Hall–Kier alpha value is -1.83. The van der Waals surface area contributed by atoms with Gasteiger partial charge in [-0.1, -0.05) is 18.2 Å². The second kappa shape index (κ2) is 8.96. The molecule has 2 aliphatic rings. The molecule has 0 saturated carbocycles. The SMILES string of the molecule is O=C(c1ccccc1S(=O)(=O)N1CCOCC1)N1CCN(S(=O)(=O)c2cccs2)CC1. The van der Waals surface area contributed by atoms with Gasteiger partial charge in [0.2, 0.25) is 10.0 Å². The number of rotatable bonds is 5. The fourth-order valence-electron chi connectivity index (χ4n) is 3.63. The molecule has 0 spiro atoms. The zero-order valence-corrected chi connectivity index (χ0v) is 19.2. The fraction of sp³-hybridized carbons (Fsp3) is 0.421. The number of nitrogens with zero attached hydrogens (tertiary/aromatic N) is 3. The number of hydrogen-bond acceptors (Lipinski definition) is 7. The smallest absolute Gasteiger partial charge is 0.255 e. The Balaban J connectivity index is 1.51. The number of carbonyl (C=O) groups is 1. The fourth-order valence-corrected chi connectivity index (χ4v) is 7.79. The summed E-state index contributed by atoms with van der Waals surface area (Å²) in [5, 5.41) is 1.71. The number of morpholine rings is 1. The molecule has 0 N–H and O–H groups in total. The van der Waals surface area contributed by atoms with Crippen molar-refractivity contribution in [2.45, 2.75) is 9.10 Å². The molecule has 1 aromatic carbocycles. The predicted molar refractivity (Wildman–Crippen MR) is 115 cm³/mol. The van der Waals surface area contributed by atoms with Crippen LogP contribution in [0.2, 0.25) is 0 Å². The molecule has 9 nitrogen and oxygen atoms in total. The average molecular weight is 486 g/mol. The first-order chi connectivity index (χ1) is 14.8. The highest BCUT2D eigenvalue weighted by Crippen LogP contribution is 2.25. The molecule has 0 bridgehead atoms. The molecule has 168 valence electrons. The van der Waals surface area contributed by atoms with E-state index >= 15 is 0 Å². The van der Waals surface area contributed by atoms with Crippen molar-refractivity contribution in [2.24, 2.45) is 0 Å². The van der Waals surface area contributed by atoms with Gasteiger partial charge in [-0.15, -0.1) is 11.3 Å². The maximum atomic E-state index is 13.2. The van der Waals surface area contributed by atoms with Gasteiger partial charge in [-0.25, -0.2) is 16.8 Å². The average Bonchev–Trinajstić information content (AvgIpc) is 3.35. The van der Waals surface area contributed by atoms with Crippen LogP contribution in [0.15, 0.2) is 50.9 Å². The minimum atomic E-state index is -3.84. The van der Waals surface area contributed by atoms with Crippen molar-refractivity contribution in [3.05, 3.63) is 47.3 Å². The van der Waals surface area contributed by atoms with Crippen LogP contribution in [0.1, 0.15) is 10.4 Å². The van der Waals surface area contributed by atoms with Crippen LogP contribution in [0.3, 0.4) is 0 Å². The molecule has 4 rings (SSSR count). The van der Waals surface area contributed by atoms with Gasteiger partial charge in [0.05, 0.1) is 23.7 Å². The van der Waals surface area contributed by atoms with Crippen molar-refractivity contribution in [3.63, 3.8) is 0 Å². The van der Waals surface area contributed by atoms with Crippen LogP contribution in [0.25, 0.3) is 0 Å². The van der Waals surface area contributed by atoms with E-state index in [9.17, 15) is 21.6 Å². The van der Waals surface area contributed by atoms with Gasteiger partial charge in [0, 0.05) is 39.3 Å². The van der Waals surface area contributed by atoms with Gasteiger partial charge in [-0.05, 0) is 23.6 Å². The number of sulfonamides is 2. The summed E-state index contributed by atoms with van der Waals surface area (Å²) in [5.74, 6) is -0.416. The monoisotopic (exact) mass is 485 g/mol. The Bertz CT molecular complexity index is 1130. The van der Waals surface area contributed by atoms with Gasteiger partial charge in [-0.2, -0.15) is 8.61 Å². The molecular formula is C19H23N3O6S3. The van der Waals surface area contributed by atoms with E-state index in [1.807, 2.05) is 0 Å². The van der Waals surface area contributed by atoms with E-state index in [-0.39, 0.29) is 53.9 Å². The molecule has 0 unspecified atom stereocenters. The van der Waals surface area contributed by atoms with E-state index in [4.69, 9.17) is 4.74 Å². The maximum Gasteiger partial charge on any atom is 0.255 e. The molecule has 2 fully saturated rings. The number of piperazine rings is 1. The van der Waals surface area contributed by atoms with E-state index in [1.54, 1.807) is 29.6 Å². The Morgan fingerprint density at radius 2 is 1.45 bits per heavy atom. The normalized spacial score (nSPS) is 19.4. The summed E-state index contributed by atoms with van der Waals surface area (Å²) >= 11 is 1.16. The van der Waals surface area contributed by atoms with Crippen molar-refractivity contribution in [3.8, 4) is 0 Å². The molecule has 31 heavy (non-hydrogen) atoms. The molecule has 1 aromatic heterocycles. The summed E-state index contributed by atoms with van der Waals surface area (Å²) < 4.78 is 59.8. The summed E-state index contributed by atoms with van der Waals surface area (Å²) in [5.41, 5.74) is 0.101. The summed E-state index contributed by atoms with van der Waals surface area (Å²) in [6.07, 6.45) is 0. The van der Waals surface area contributed by atoms with Crippen LogP contribution in [0.5, 0.6) is 0 Å². The Morgan fingerprint density at radius 3 is 2.10 bits per heavy atom. The van der Waals surface area contributed by atoms with Gasteiger partial charge in [0.15, 0.2) is 0 Å². The van der Waals surface area contributed by atoms with Crippen molar-refractivity contribution in [1.29, 1.82) is 0 Å². The van der Waals surface area contributed by atoms with Crippen LogP contribution >= 0.6 is 11.3 Å². The zero-order chi connectivity index (χ0) is 22.1. The molecule has 1 amide bonds. The van der Waals surface area contributed by atoms with Gasteiger partial charge in [0.1, 0.15) is 4.21 Å². The highest BCUT2D eigenvalue weighted by molar-refractivity contribution is 7.91. The second-order valence-corrected chi connectivity index (χ2v) is 12.2. The zero-order valence-electron chi connectivity index (χ0n) is 16.7. The molecule has 12 heteroatoms. The lowest BCUT2D eigenvalue weighted by Gasteiger charge is -2.34. The number of amides is 1. The first-order valence-corrected chi connectivity index (χ1v) is 13.6. The van der Waals surface area contributed by atoms with Crippen molar-refractivity contribution >= 4 is 37.3 Å². The number of benzene rings is 1. The largest absolute Gasteiger partial charge is 0.379 e. The third kappa shape index (κ3) is 4.41. The predicted octanol–water partition coefficient (Wildman–Crippen LogP) is 0.916. The molecule has 0 aliphatic carbocycles. The number of carbonyl (C=O) groups excluding carboxylic acids is 1. The lowest BCUT2D eigenvalue weighted by molar-refractivity contribution is 0.0690. The van der Waals surface area contributed by atoms with Gasteiger partial charge < -0.3 is 9.64 Å². The minimum absolute atomic E-state index is 0.0319. The van der Waals surface area contributed by atoms with Crippen LogP contribution in [0.4, 0.5) is 0 Å². The quantitative estimate of drug-likeness (QED) is 0.624.